The predicted molar refractivity (Wildman–Crippen MR) is 129 cm³/mol. The number of amides is 1. The van der Waals surface area contributed by atoms with E-state index in [-0.39, 0.29) is 27.6 Å². The summed E-state index contributed by atoms with van der Waals surface area (Å²) in [6.45, 7) is 4.28. The zero-order chi connectivity index (χ0) is 24.9. The number of hydrogen-bond donors (Lipinski definition) is 2. The van der Waals surface area contributed by atoms with Gasteiger partial charge in [-0.05, 0) is 55.9 Å². The van der Waals surface area contributed by atoms with Gasteiger partial charge in [0.25, 0.3) is 5.91 Å². The minimum Gasteiger partial charge on any atom is -0.495 e. The minimum absolute atomic E-state index is 0.117. The van der Waals surface area contributed by atoms with Gasteiger partial charge in [0.05, 0.1) is 12.0 Å². The van der Waals surface area contributed by atoms with E-state index in [0.717, 1.165) is 0 Å². The third-order valence-electron chi connectivity index (χ3n) is 5.47. The molecule has 0 spiro atoms. The van der Waals surface area contributed by atoms with Crippen LogP contribution >= 0.6 is 0 Å². The highest BCUT2D eigenvalue weighted by atomic mass is 32.2. The van der Waals surface area contributed by atoms with Crippen LogP contribution in [0.3, 0.4) is 0 Å². The van der Waals surface area contributed by atoms with Gasteiger partial charge in [0, 0.05) is 44.0 Å². The van der Waals surface area contributed by atoms with Crippen molar-refractivity contribution in [1.29, 1.82) is 0 Å². The number of piperazine rings is 1. The van der Waals surface area contributed by atoms with Crippen LogP contribution < -0.4 is 14.8 Å². The first-order valence-electron chi connectivity index (χ1n) is 10.9. The molecule has 0 atom stereocenters. The van der Waals surface area contributed by atoms with Crippen molar-refractivity contribution in [2.24, 2.45) is 0 Å². The molecule has 0 saturated carbocycles. The monoisotopic (exact) mass is 510 g/mol. The Hall–Kier alpha value is -2.51. The summed E-state index contributed by atoms with van der Waals surface area (Å²) in [7, 11) is -4.17. The van der Waals surface area contributed by atoms with Crippen molar-refractivity contribution in [3.8, 4) is 5.75 Å². The van der Waals surface area contributed by atoms with Crippen LogP contribution in [0.5, 0.6) is 5.75 Å². The zero-order valence-corrected chi connectivity index (χ0v) is 21.1. The van der Waals surface area contributed by atoms with Crippen molar-refractivity contribution >= 4 is 31.6 Å². The first-order valence-corrected chi connectivity index (χ1v) is 13.8. The van der Waals surface area contributed by atoms with E-state index in [1.807, 2.05) is 14.0 Å². The maximum atomic E-state index is 12.9. The molecule has 186 valence electrons. The summed E-state index contributed by atoms with van der Waals surface area (Å²) in [4.78, 5) is 14.9. The van der Waals surface area contributed by atoms with Gasteiger partial charge in [-0.15, -0.1) is 0 Å². The maximum Gasteiger partial charge on any atom is 0.255 e. The fourth-order valence-corrected chi connectivity index (χ4v) is 6.18. The summed E-state index contributed by atoms with van der Waals surface area (Å²) in [5, 5.41) is 2.67. The third kappa shape index (κ3) is 5.94. The normalized spacial score (nSPS) is 15.7. The Morgan fingerprint density at radius 2 is 1.65 bits per heavy atom. The molecule has 0 bridgehead atoms. The van der Waals surface area contributed by atoms with Gasteiger partial charge in [0.2, 0.25) is 20.0 Å². The van der Waals surface area contributed by atoms with Gasteiger partial charge in [-0.3, -0.25) is 4.79 Å². The molecule has 3 rings (SSSR count). The van der Waals surface area contributed by atoms with Crippen LogP contribution in [0.15, 0.2) is 52.3 Å². The Bertz CT molecular complexity index is 1220. The van der Waals surface area contributed by atoms with Gasteiger partial charge >= 0.3 is 0 Å². The SMILES string of the molecule is CCCNS(=O)(=O)c1cc(C(=O)Nc2ccc(S(=O)(=O)N3CCN(C)CC3)cc2)ccc1OC. The Kier molecular flexibility index (Phi) is 8.31. The number of nitrogens with one attached hydrogen (secondary N) is 2. The summed E-state index contributed by atoms with van der Waals surface area (Å²) >= 11 is 0. The number of hydrogen-bond acceptors (Lipinski definition) is 7. The zero-order valence-electron chi connectivity index (χ0n) is 19.4. The van der Waals surface area contributed by atoms with Crippen LogP contribution in [-0.2, 0) is 20.0 Å². The van der Waals surface area contributed by atoms with Crippen molar-refractivity contribution in [1.82, 2.24) is 13.9 Å². The van der Waals surface area contributed by atoms with E-state index >= 15 is 0 Å². The molecule has 1 amide bonds. The Morgan fingerprint density at radius 1 is 1.00 bits per heavy atom. The molecule has 34 heavy (non-hydrogen) atoms. The van der Waals surface area contributed by atoms with E-state index in [2.05, 4.69) is 14.9 Å². The summed E-state index contributed by atoms with van der Waals surface area (Å²) in [6, 6.07) is 10.0. The molecular weight excluding hydrogens is 480 g/mol. The lowest BCUT2D eigenvalue weighted by Gasteiger charge is -2.31. The number of methoxy groups -OCH3 is 1. The van der Waals surface area contributed by atoms with Crippen LogP contribution in [0.2, 0.25) is 0 Å². The number of carbonyl (C=O) groups is 1. The molecule has 1 saturated heterocycles. The fraction of sp³-hybridized carbons (Fsp3) is 0.409. The van der Waals surface area contributed by atoms with Gasteiger partial charge < -0.3 is 15.0 Å². The topological polar surface area (TPSA) is 125 Å². The molecule has 10 nitrogen and oxygen atoms in total. The van der Waals surface area contributed by atoms with Gasteiger partial charge in [0.1, 0.15) is 10.6 Å². The molecule has 1 fully saturated rings. The highest BCUT2D eigenvalue weighted by molar-refractivity contribution is 7.89. The average Bonchev–Trinajstić information content (AvgIpc) is 2.83. The van der Waals surface area contributed by atoms with Crippen molar-refractivity contribution < 1.29 is 26.4 Å². The van der Waals surface area contributed by atoms with Crippen LogP contribution in [-0.4, -0.2) is 78.8 Å². The Labute approximate surface area is 201 Å². The molecule has 0 unspecified atom stereocenters. The first-order chi connectivity index (χ1) is 16.1. The molecule has 2 aromatic rings. The van der Waals surface area contributed by atoms with Crippen molar-refractivity contribution in [3.63, 3.8) is 0 Å². The minimum atomic E-state index is -3.86. The number of rotatable bonds is 9. The predicted octanol–water partition coefficient (Wildman–Crippen LogP) is 1.57. The molecular formula is C22H30N4O6S2. The number of carbonyl (C=O) groups excluding carboxylic acids is 1. The molecule has 1 aliphatic heterocycles. The van der Waals surface area contributed by atoms with Gasteiger partial charge in [-0.25, -0.2) is 21.6 Å². The van der Waals surface area contributed by atoms with Gasteiger partial charge in [-0.2, -0.15) is 4.31 Å². The second-order valence-corrected chi connectivity index (χ2v) is 11.6. The lowest BCUT2D eigenvalue weighted by molar-refractivity contribution is 0.102. The Balaban J connectivity index is 1.76. The van der Waals surface area contributed by atoms with E-state index in [9.17, 15) is 21.6 Å². The van der Waals surface area contributed by atoms with E-state index in [4.69, 9.17) is 4.74 Å². The van der Waals surface area contributed by atoms with Crippen molar-refractivity contribution in [2.75, 3.05) is 52.2 Å². The van der Waals surface area contributed by atoms with Gasteiger partial charge in [0.15, 0.2) is 0 Å². The first kappa shape index (κ1) is 26.1. The Morgan fingerprint density at radius 3 is 2.24 bits per heavy atom. The molecule has 0 radical (unpaired) electrons. The second-order valence-electron chi connectivity index (χ2n) is 7.95. The summed E-state index contributed by atoms with van der Waals surface area (Å²) in [5.74, 6) is -0.414. The largest absolute Gasteiger partial charge is 0.495 e. The summed E-state index contributed by atoms with van der Waals surface area (Å²) in [5.41, 5.74) is 0.499. The van der Waals surface area contributed by atoms with Crippen LogP contribution in [0, 0.1) is 0 Å². The quantitative estimate of drug-likeness (QED) is 0.525. The smallest absolute Gasteiger partial charge is 0.255 e. The summed E-state index contributed by atoms with van der Waals surface area (Å²) < 4.78 is 60.0. The number of anilines is 1. The molecule has 2 aromatic carbocycles. The highest BCUT2D eigenvalue weighted by Crippen LogP contribution is 2.26. The molecule has 12 heteroatoms. The average molecular weight is 511 g/mol. The lowest BCUT2D eigenvalue weighted by atomic mass is 10.2. The number of ether oxygens (including phenoxy) is 1. The van der Waals surface area contributed by atoms with Crippen LogP contribution in [0.4, 0.5) is 5.69 Å². The number of nitrogens with zero attached hydrogens (tertiary/aromatic N) is 2. The molecule has 1 aliphatic rings. The molecule has 2 N–H and O–H groups in total. The number of benzene rings is 2. The van der Waals surface area contributed by atoms with E-state index in [1.54, 1.807) is 0 Å². The number of sulfonamides is 2. The maximum absolute atomic E-state index is 12.9. The highest BCUT2D eigenvalue weighted by Gasteiger charge is 2.27. The van der Waals surface area contributed by atoms with Crippen LogP contribution in [0.25, 0.3) is 0 Å². The van der Waals surface area contributed by atoms with E-state index in [1.165, 1.54) is 53.9 Å². The number of likely N-dealkylation sites (N-methyl/N-ethyl adjacent to an activating group) is 1. The van der Waals surface area contributed by atoms with E-state index in [0.29, 0.717) is 38.3 Å². The summed E-state index contributed by atoms with van der Waals surface area (Å²) in [6.07, 6.45) is 0.613. The standard InChI is InChI=1S/C22H30N4O6S2/c1-4-11-23-33(28,29)21-16-17(5-10-20(21)32-3)22(27)24-18-6-8-19(9-7-18)34(30,31)26-14-12-25(2)13-15-26/h5-10,16,23H,4,11-15H2,1-3H3,(H,24,27). The van der Waals surface area contributed by atoms with E-state index < -0.39 is 26.0 Å². The molecule has 0 aliphatic carbocycles. The van der Waals surface area contributed by atoms with Gasteiger partial charge in [-0.1, -0.05) is 6.92 Å². The molecule has 1 heterocycles. The lowest BCUT2D eigenvalue weighted by Crippen LogP contribution is -2.46. The van der Waals surface area contributed by atoms with Crippen LogP contribution in [0.1, 0.15) is 23.7 Å². The van der Waals surface area contributed by atoms with Crippen molar-refractivity contribution in [3.05, 3.63) is 48.0 Å². The third-order valence-corrected chi connectivity index (χ3v) is 8.86. The second kappa shape index (κ2) is 10.8. The van der Waals surface area contributed by atoms with Crippen molar-refractivity contribution in [2.45, 2.75) is 23.1 Å². The fourth-order valence-electron chi connectivity index (χ4n) is 3.43. The molecule has 0 aromatic heterocycles.